The highest BCUT2D eigenvalue weighted by Gasteiger charge is 2.55. The summed E-state index contributed by atoms with van der Waals surface area (Å²) in [6, 6.07) is 18.8. The Morgan fingerprint density at radius 1 is 0.894 bits per heavy atom. The number of carboxylic acid groups (broad SMARTS) is 1. The average Bonchev–Trinajstić information content (AvgIpc) is 3.64. The van der Waals surface area contributed by atoms with Gasteiger partial charge in [-0.2, -0.15) is 13.2 Å². The van der Waals surface area contributed by atoms with Crippen molar-refractivity contribution in [3.63, 3.8) is 0 Å². The summed E-state index contributed by atoms with van der Waals surface area (Å²) in [6.07, 6.45) is -3.52. The second-order valence-electron chi connectivity index (χ2n) is 11.5. The van der Waals surface area contributed by atoms with Gasteiger partial charge in [0.2, 0.25) is 10.0 Å². The number of rotatable bonds is 15. The van der Waals surface area contributed by atoms with Gasteiger partial charge >= 0.3 is 12.1 Å². The molecule has 2 heterocycles. The first kappa shape index (κ1) is 34.1. The van der Waals surface area contributed by atoms with E-state index in [1.54, 1.807) is 36.4 Å². The van der Waals surface area contributed by atoms with Crippen molar-refractivity contribution in [2.24, 2.45) is 0 Å². The number of methoxy groups -OCH3 is 1. The number of alkyl halides is 3. The van der Waals surface area contributed by atoms with Crippen LogP contribution >= 0.6 is 0 Å². The largest absolute Gasteiger partial charge is 0.508 e. The van der Waals surface area contributed by atoms with Crippen molar-refractivity contribution in [3.05, 3.63) is 83.9 Å². The number of phenolic OH excluding ortho intramolecular Hbond substituents is 1. The molecule has 5 rings (SSSR count). The number of carboxylic acids is 1. The molecular formula is C34H36F3NO8S. The smallest absolute Gasteiger partial charge is 0.407 e. The van der Waals surface area contributed by atoms with Gasteiger partial charge in [0.25, 0.3) is 0 Å². The van der Waals surface area contributed by atoms with Crippen molar-refractivity contribution >= 4 is 32.8 Å². The number of halogens is 3. The lowest BCUT2D eigenvalue weighted by molar-refractivity contribution is -0.137. The van der Waals surface area contributed by atoms with Gasteiger partial charge in [-0.25, -0.2) is 8.42 Å². The van der Waals surface area contributed by atoms with Crippen LogP contribution in [0.3, 0.4) is 0 Å². The number of hydrogen-bond donors (Lipinski definition) is 2. The second-order valence-corrected chi connectivity index (χ2v) is 13.6. The van der Waals surface area contributed by atoms with E-state index < -0.39 is 46.2 Å². The van der Waals surface area contributed by atoms with E-state index in [9.17, 15) is 31.5 Å². The van der Waals surface area contributed by atoms with Gasteiger partial charge in [-0.1, -0.05) is 37.1 Å². The highest BCUT2D eigenvalue weighted by atomic mass is 32.2. The van der Waals surface area contributed by atoms with Crippen molar-refractivity contribution in [2.75, 3.05) is 24.6 Å². The average molecular weight is 676 g/mol. The minimum atomic E-state index is -4.81. The van der Waals surface area contributed by atoms with Crippen molar-refractivity contribution in [3.8, 4) is 17.2 Å². The SMILES string of the molecule is COc1ccc(N(CC(F)(F)F)S(=O)(=O)[C@H]2C[C@H]3O[C@@H]2C(c2ccc(OCCCCCCC(=O)O)cc2)=C3c2ccc(O)cc2)cc1. The van der Waals surface area contributed by atoms with E-state index >= 15 is 0 Å². The Hall–Kier alpha value is -4.23. The molecule has 9 nitrogen and oxygen atoms in total. The number of unbranched alkanes of at least 4 members (excludes halogenated alkanes) is 3. The van der Waals surface area contributed by atoms with Gasteiger partial charge < -0.3 is 24.4 Å². The molecule has 0 aromatic heterocycles. The lowest BCUT2D eigenvalue weighted by Gasteiger charge is -2.32. The maximum Gasteiger partial charge on any atom is 0.407 e. The molecule has 2 bridgehead atoms. The quantitative estimate of drug-likeness (QED) is 0.172. The fourth-order valence-corrected chi connectivity index (χ4v) is 8.06. The van der Waals surface area contributed by atoms with E-state index in [0.717, 1.165) is 19.3 Å². The monoisotopic (exact) mass is 675 g/mol. The van der Waals surface area contributed by atoms with Crippen LogP contribution in [0, 0.1) is 0 Å². The van der Waals surface area contributed by atoms with E-state index in [1.807, 2.05) is 0 Å². The van der Waals surface area contributed by atoms with Gasteiger partial charge in [0.05, 0.1) is 25.5 Å². The third kappa shape index (κ3) is 8.02. The third-order valence-electron chi connectivity index (χ3n) is 8.26. The standard InChI is InChI=1S/C34H36F3NO8S/c1-44-26-17-11-24(12-18-26)38(21-34(35,36)37)47(42,43)29-20-28-31(22-7-13-25(39)14-8-22)32(33(29)46-28)23-9-15-27(16-10-23)45-19-5-3-2-4-6-30(40)41/h7-18,28-29,33,39H,2-6,19-21H2,1H3,(H,40,41)/t28-,29+,33+/m1/s1. The topological polar surface area (TPSA) is 123 Å². The van der Waals surface area contributed by atoms with E-state index in [1.165, 1.54) is 43.5 Å². The summed E-state index contributed by atoms with van der Waals surface area (Å²) in [7, 11) is -3.21. The molecule has 0 saturated carbocycles. The second kappa shape index (κ2) is 14.3. The van der Waals surface area contributed by atoms with E-state index in [4.69, 9.17) is 19.3 Å². The first-order valence-electron chi connectivity index (χ1n) is 15.2. The molecular weight excluding hydrogens is 639 g/mol. The Morgan fingerprint density at radius 3 is 2.11 bits per heavy atom. The Morgan fingerprint density at radius 2 is 1.49 bits per heavy atom. The molecule has 3 atom stereocenters. The number of ether oxygens (including phenoxy) is 3. The minimum Gasteiger partial charge on any atom is -0.508 e. The van der Waals surface area contributed by atoms with E-state index in [0.29, 0.717) is 51.1 Å². The van der Waals surface area contributed by atoms with Crippen LogP contribution in [-0.4, -0.2) is 68.5 Å². The molecule has 2 N–H and O–H groups in total. The summed E-state index contributed by atoms with van der Waals surface area (Å²) in [5, 5.41) is 17.3. The first-order chi connectivity index (χ1) is 22.4. The molecule has 1 fully saturated rings. The van der Waals surface area contributed by atoms with E-state index in [-0.39, 0.29) is 24.3 Å². The predicted octanol–water partition coefficient (Wildman–Crippen LogP) is 6.66. The van der Waals surface area contributed by atoms with Crippen LogP contribution in [0.1, 0.15) is 49.7 Å². The van der Waals surface area contributed by atoms with Gasteiger partial charge in [-0.3, -0.25) is 9.10 Å². The fraction of sp³-hybridized carbons (Fsp3) is 0.382. The number of anilines is 1. The molecule has 3 aromatic carbocycles. The van der Waals surface area contributed by atoms with Gasteiger partial charge in [-0.15, -0.1) is 0 Å². The van der Waals surface area contributed by atoms with Crippen LogP contribution in [0.5, 0.6) is 17.2 Å². The summed E-state index contributed by atoms with van der Waals surface area (Å²) in [5.74, 6) is 0.181. The number of fused-ring (bicyclic) bond motifs is 2. The molecule has 0 amide bonds. The van der Waals surface area contributed by atoms with Gasteiger partial charge in [0.1, 0.15) is 35.1 Å². The lowest BCUT2D eigenvalue weighted by atomic mass is 9.83. The van der Waals surface area contributed by atoms with Crippen molar-refractivity contribution < 1.29 is 50.8 Å². The number of carbonyl (C=O) groups is 1. The molecule has 252 valence electrons. The molecule has 2 aliphatic rings. The summed E-state index contributed by atoms with van der Waals surface area (Å²) in [4.78, 5) is 10.7. The molecule has 13 heteroatoms. The Balaban J connectivity index is 1.42. The molecule has 0 unspecified atom stereocenters. The van der Waals surface area contributed by atoms with Crippen LogP contribution in [0.4, 0.5) is 18.9 Å². The first-order valence-corrected chi connectivity index (χ1v) is 16.7. The van der Waals surface area contributed by atoms with Crippen LogP contribution in [-0.2, 0) is 19.6 Å². The van der Waals surface area contributed by atoms with Gasteiger partial charge in [-0.05, 0) is 90.1 Å². The molecule has 0 spiro atoms. The third-order valence-corrected chi connectivity index (χ3v) is 10.4. The minimum absolute atomic E-state index is 0.0473. The predicted molar refractivity (Wildman–Crippen MR) is 170 cm³/mol. The number of aliphatic carboxylic acids is 1. The van der Waals surface area contributed by atoms with Crippen LogP contribution < -0.4 is 13.8 Å². The number of phenols is 1. The fourth-order valence-electron chi connectivity index (χ4n) is 6.06. The van der Waals surface area contributed by atoms with Crippen molar-refractivity contribution in [2.45, 2.75) is 62.2 Å². The number of aromatic hydroxyl groups is 1. The summed E-state index contributed by atoms with van der Waals surface area (Å²) in [5.41, 5.74) is 2.45. The van der Waals surface area contributed by atoms with Gasteiger partial charge in [0, 0.05) is 6.42 Å². The maximum atomic E-state index is 14.1. The molecule has 0 radical (unpaired) electrons. The number of benzene rings is 3. The normalized spacial score (nSPS) is 19.2. The summed E-state index contributed by atoms with van der Waals surface area (Å²) in [6.45, 7) is -1.27. The maximum absolute atomic E-state index is 14.1. The number of sulfonamides is 1. The highest BCUT2D eigenvalue weighted by Crippen LogP contribution is 2.51. The van der Waals surface area contributed by atoms with Crippen molar-refractivity contribution in [1.82, 2.24) is 0 Å². The Kier molecular flexibility index (Phi) is 10.4. The molecule has 3 aromatic rings. The zero-order valence-electron chi connectivity index (χ0n) is 25.7. The van der Waals surface area contributed by atoms with Crippen LogP contribution in [0.15, 0.2) is 72.8 Å². The molecule has 47 heavy (non-hydrogen) atoms. The number of nitrogens with zero attached hydrogens (tertiary/aromatic N) is 1. The Labute approximate surface area is 271 Å². The number of hydrogen-bond acceptors (Lipinski definition) is 7. The molecule has 0 aliphatic carbocycles. The van der Waals surface area contributed by atoms with Crippen LogP contribution in [0.25, 0.3) is 11.1 Å². The van der Waals surface area contributed by atoms with Gasteiger partial charge in [0.15, 0.2) is 0 Å². The summed E-state index contributed by atoms with van der Waals surface area (Å²) >= 11 is 0. The molecule has 1 saturated heterocycles. The van der Waals surface area contributed by atoms with Crippen molar-refractivity contribution in [1.29, 1.82) is 0 Å². The molecule has 2 aliphatic heterocycles. The summed E-state index contributed by atoms with van der Waals surface area (Å²) < 4.78 is 87.3. The highest BCUT2D eigenvalue weighted by molar-refractivity contribution is 7.93. The Bertz CT molecular complexity index is 1670. The van der Waals surface area contributed by atoms with E-state index in [2.05, 4.69) is 0 Å². The van der Waals surface area contributed by atoms with Crippen LogP contribution in [0.2, 0.25) is 0 Å². The zero-order valence-corrected chi connectivity index (χ0v) is 26.5. The zero-order chi connectivity index (χ0) is 33.8. The lowest BCUT2D eigenvalue weighted by Crippen LogP contribution is -2.47.